The molecule has 2 aromatic rings. The van der Waals surface area contributed by atoms with Crippen molar-refractivity contribution in [3.63, 3.8) is 0 Å². The van der Waals surface area contributed by atoms with Gasteiger partial charge >= 0.3 is 0 Å². The Morgan fingerprint density at radius 2 is 1.95 bits per heavy atom. The van der Waals surface area contributed by atoms with E-state index in [4.69, 9.17) is 0 Å². The predicted molar refractivity (Wildman–Crippen MR) is 83.4 cm³/mol. The van der Waals surface area contributed by atoms with Crippen LogP contribution in [0.2, 0.25) is 0 Å². The molecule has 21 heavy (non-hydrogen) atoms. The molecule has 7 heteroatoms. The molecule has 0 spiro atoms. The zero-order valence-corrected chi connectivity index (χ0v) is 12.0. The van der Waals surface area contributed by atoms with Gasteiger partial charge in [0.15, 0.2) is 0 Å². The molecule has 2 N–H and O–H groups in total. The van der Waals surface area contributed by atoms with Crippen LogP contribution in [0.5, 0.6) is 0 Å². The molecule has 0 saturated heterocycles. The van der Waals surface area contributed by atoms with Crippen molar-refractivity contribution >= 4 is 16.8 Å². The van der Waals surface area contributed by atoms with Gasteiger partial charge in [0.05, 0.1) is 5.37 Å². The summed E-state index contributed by atoms with van der Waals surface area (Å²) in [5.74, 6) is 0. The maximum absolute atomic E-state index is 11.6. The lowest BCUT2D eigenvalue weighted by molar-refractivity contribution is 0.509. The predicted octanol–water partition coefficient (Wildman–Crippen LogP) is 0.951. The summed E-state index contributed by atoms with van der Waals surface area (Å²) in [4.78, 5) is 22.8. The van der Waals surface area contributed by atoms with E-state index in [1.807, 2.05) is 30.3 Å². The van der Waals surface area contributed by atoms with Gasteiger partial charge in [-0.15, -0.1) is 0 Å². The van der Waals surface area contributed by atoms with E-state index >= 15 is 0 Å². The fraction of sp³-hybridized carbons (Fsp3) is 0.214. The number of aromatic nitrogens is 2. The van der Waals surface area contributed by atoms with Gasteiger partial charge in [0.25, 0.3) is 11.1 Å². The highest BCUT2D eigenvalue weighted by atomic mass is 32.2. The Bertz CT molecular complexity index is 766. The Morgan fingerprint density at radius 3 is 2.76 bits per heavy atom. The average molecular weight is 302 g/mol. The van der Waals surface area contributed by atoms with Crippen molar-refractivity contribution in [2.75, 3.05) is 0 Å². The molecule has 6 nitrogen and oxygen atoms in total. The van der Waals surface area contributed by atoms with Gasteiger partial charge in [-0.2, -0.15) is 5.10 Å². The standard InChI is InChI=1S/C14H14N4O2S/c19-11-6-7-13(20)18(17-11)9-8-12-15-16-14(21-12)10-4-2-1-3-5-10/h1-7,12,15H,8-9H2,(H,17,19)/t12-/m0/s1. The number of benzene rings is 1. The van der Waals surface area contributed by atoms with Crippen molar-refractivity contribution in [3.8, 4) is 0 Å². The van der Waals surface area contributed by atoms with Crippen LogP contribution in [0.3, 0.4) is 0 Å². The number of aryl methyl sites for hydroxylation is 1. The number of H-pyrrole nitrogens is 1. The third kappa shape index (κ3) is 3.25. The van der Waals surface area contributed by atoms with Crippen LogP contribution in [-0.4, -0.2) is 20.2 Å². The molecule has 1 aliphatic heterocycles. The highest BCUT2D eigenvalue weighted by Gasteiger charge is 2.20. The van der Waals surface area contributed by atoms with E-state index in [9.17, 15) is 9.59 Å². The van der Waals surface area contributed by atoms with E-state index in [-0.39, 0.29) is 16.5 Å². The monoisotopic (exact) mass is 302 g/mol. The Hall–Kier alpha value is -2.28. The first-order valence-corrected chi connectivity index (χ1v) is 7.46. The molecule has 0 fully saturated rings. The smallest absolute Gasteiger partial charge is 0.265 e. The SMILES string of the molecule is O=c1ccc(=O)n(CC[C@H]2NN=C(c3ccccc3)S2)[nH]1. The number of hydrogen-bond donors (Lipinski definition) is 2. The van der Waals surface area contributed by atoms with Gasteiger partial charge in [-0.05, 0) is 6.42 Å². The van der Waals surface area contributed by atoms with Crippen LogP contribution in [0, 0.1) is 0 Å². The van der Waals surface area contributed by atoms with Crippen molar-refractivity contribution in [1.82, 2.24) is 15.2 Å². The van der Waals surface area contributed by atoms with Crippen molar-refractivity contribution in [1.29, 1.82) is 0 Å². The molecule has 0 saturated carbocycles. The van der Waals surface area contributed by atoms with E-state index in [0.717, 1.165) is 10.6 Å². The fourth-order valence-electron chi connectivity index (χ4n) is 2.03. The molecule has 3 rings (SSSR count). The largest absolute Gasteiger partial charge is 0.295 e. The fourth-order valence-corrected chi connectivity index (χ4v) is 3.01. The van der Waals surface area contributed by atoms with Gasteiger partial charge in [0.1, 0.15) is 5.04 Å². The Morgan fingerprint density at radius 1 is 1.14 bits per heavy atom. The average Bonchev–Trinajstić information content (AvgIpc) is 2.98. The van der Waals surface area contributed by atoms with Crippen LogP contribution < -0.4 is 16.5 Å². The number of rotatable bonds is 4. The van der Waals surface area contributed by atoms with Crippen molar-refractivity contribution in [2.24, 2.45) is 5.10 Å². The molecule has 1 aliphatic rings. The summed E-state index contributed by atoms with van der Waals surface area (Å²) >= 11 is 1.62. The van der Waals surface area contributed by atoms with Crippen LogP contribution in [0.15, 0.2) is 57.2 Å². The van der Waals surface area contributed by atoms with E-state index in [0.29, 0.717) is 13.0 Å². The summed E-state index contributed by atoms with van der Waals surface area (Å²) in [7, 11) is 0. The second kappa shape index (κ2) is 6.01. The zero-order chi connectivity index (χ0) is 14.7. The number of aromatic amines is 1. The molecule has 2 heterocycles. The molecule has 0 radical (unpaired) electrons. The minimum absolute atomic E-state index is 0.0933. The van der Waals surface area contributed by atoms with Crippen LogP contribution in [0.25, 0.3) is 0 Å². The second-order valence-corrected chi connectivity index (χ2v) is 5.80. The van der Waals surface area contributed by atoms with Crippen LogP contribution in [0.1, 0.15) is 12.0 Å². The first-order chi connectivity index (χ1) is 10.2. The van der Waals surface area contributed by atoms with Crippen LogP contribution in [-0.2, 0) is 6.54 Å². The van der Waals surface area contributed by atoms with Gasteiger partial charge in [-0.1, -0.05) is 42.1 Å². The van der Waals surface area contributed by atoms with Gasteiger partial charge in [-0.25, -0.2) is 0 Å². The Kier molecular flexibility index (Phi) is 3.92. The summed E-state index contributed by atoms with van der Waals surface area (Å²) in [5.41, 5.74) is 3.64. The van der Waals surface area contributed by atoms with Crippen molar-refractivity contribution < 1.29 is 0 Å². The van der Waals surface area contributed by atoms with E-state index in [1.165, 1.54) is 16.8 Å². The van der Waals surface area contributed by atoms with E-state index in [1.54, 1.807) is 11.8 Å². The molecule has 0 unspecified atom stereocenters. The topological polar surface area (TPSA) is 79.2 Å². The van der Waals surface area contributed by atoms with Crippen LogP contribution in [0.4, 0.5) is 0 Å². The van der Waals surface area contributed by atoms with E-state index < -0.39 is 0 Å². The maximum Gasteiger partial charge on any atom is 0.265 e. The zero-order valence-electron chi connectivity index (χ0n) is 11.2. The number of nitrogens with zero attached hydrogens (tertiary/aromatic N) is 2. The number of hydrazone groups is 1. The minimum Gasteiger partial charge on any atom is -0.295 e. The Labute approximate surface area is 124 Å². The summed E-state index contributed by atoms with van der Waals surface area (Å²) in [6.07, 6.45) is 0.685. The summed E-state index contributed by atoms with van der Waals surface area (Å²) in [5, 5.41) is 7.86. The van der Waals surface area contributed by atoms with Crippen molar-refractivity contribution in [3.05, 3.63) is 68.7 Å². The molecular formula is C14H14N4O2S. The summed E-state index contributed by atoms with van der Waals surface area (Å²) in [6, 6.07) is 12.4. The Balaban J connectivity index is 1.61. The molecule has 108 valence electrons. The molecule has 1 atom stereocenters. The molecular weight excluding hydrogens is 288 g/mol. The lowest BCUT2D eigenvalue weighted by atomic mass is 10.2. The van der Waals surface area contributed by atoms with Gasteiger partial charge < -0.3 is 0 Å². The third-order valence-corrected chi connectivity index (χ3v) is 4.26. The first kappa shape index (κ1) is 13.7. The second-order valence-electron chi connectivity index (χ2n) is 4.61. The maximum atomic E-state index is 11.6. The molecule has 1 aromatic carbocycles. The van der Waals surface area contributed by atoms with Crippen LogP contribution >= 0.6 is 11.8 Å². The van der Waals surface area contributed by atoms with E-state index in [2.05, 4.69) is 15.6 Å². The minimum atomic E-state index is -0.275. The van der Waals surface area contributed by atoms with Gasteiger partial charge in [0.2, 0.25) is 0 Å². The normalized spacial score (nSPS) is 17.3. The quantitative estimate of drug-likeness (QED) is 0.881. The number of thioether (sulfide) groups is 1. The lowest BCUT2D eigenvalue weighted by Crippen LogP contribution is -2.30. The molecule has 0 bridgehead atoms. The number of hydrogen-bond acceptors (Lipinski definition) is 5. The highest BCUT2D eigenvalue weighted by Crippen LogP contribution is 2.24. The highest BCUT2D eigenvalue weighted by molar-refractivity contribution is 8.15. The summed E-state index contributed by atoms with van der Waals surface area (Å²) < 4.78 is 1.32. The number of nitrogens with one attached hydrogen (secondary N) is 2. The van der Waals surface area contributed by atoms with Gasteiger partial charge in [-0.3, -0.25) is 24.8 Å². The first-order valence-electron chi connectivity index (χ1n) is 6.58. The lowest BCUT2D eigenvalue weighted by Gasteiger charge is -2.10. The van der Waals surface area contributed by atoms with Gasteiger partial charge in [0, 0.05) is 24.2 Å². The molecule has 0 amide bonds. The summed E-state index contributed by atoms with van der Waals surface area (Å²) in [6.45, 7) is 0.442. The molecule has 1 aromatic heterocycles. The molecule has 0 aliphatic carbocycles. The third-order valence-electron chi connectivity index (χ3n) is 3.09. The van der Waals surface area contributed by atoms with Crippen molar-refractivity contribution in [2.45, 2.75) is 18.3 Å².